The van der Waals surface area contributed by atoms with Crippen LogP contribution in [0, 0.1) is 0 Å². The van der Waals surface area contributed by atoms with Gasteiger partial charge in [0, 0.05) is 12.8 Å². The maximum Gasteiger partial charge on any atom is 0.472 e. The number of allylic oxidation sites excluding steroid dienone is 15. The molecule has 2 N–H and O–H groups in total. The lowest BCUT2D eigenvalue weighted by Gasteiger charge is -2.27. The molecule has 0 aromatic carbocycles. The van der Waals surface area contributed by atoms with Gasteiger partial charge in [-0.2, -0.15) is 0 Å². The van der Waals surface area contributed by atoms with Gasteiger partial charge in [-0.15, -0.1) is 0 Å². The molecule has 0 aromatic heterocycles. The Morgan fingerprint density at radius 3 is 1.20 bits per heavy atom. The summed E-state index contributed by atoms with van der Waals surface area (Å²) in [6.07, 6.45) is 82.9. The lowest BCUT2D eigenvalue weighted by Crippen LogP contribution is -2.47. The maximum absolute atomic E-state index is 13.6. The highest BCUT2D eigenvalue weighted by molar-refractivity contribution is 7.47. The van der Waals surface area contributed by atoms with Gasteiger partial charge in [-0.05, 0) is 96.0 Å². The van der Waals surface area contributed by atoms with E-state index in [9.17, 15) is 19.0 Å². The van der Waals surface area contributed by atoms with Crippen molar-refractivity contribution < 1.29 is 37.3 Å². The largest absolute Gasteiger partial charge is 0.472 e. The molecular weight excluding hydrogens is 1040 g/mol. The van der Waals surface area contributed by atoms with E-state index in [1.54, 1.807) is 0 Å². The Labute approximate surface area is 507 Å². The van der Waals surface area contributed by atoms with Gasteiger partial charge >= 0.3 is 13.8 Å². The van der Waals surface area contributed by atoms with Crippen LogP contribution in [0.5, 0.6) is 0 Å². The molecule has 0 saturated heterocycles. The Kier molecular flexibility index (Phi) is 58.7. The van der Waals surface area contributed by atoms with Crippen LogP contribution in [-0.2, 0) is 27.9 Å². The number of likely N-dealkylation sites (N-methyl/N-ethyl adjacent to an activating group) is 1. The smallest absolute Gasteiger partial charge is 0.456 e. The number of esters is 1. The fourth-order valence-electron chi connectivity index (χ4n) is 9.55. The molecule has 474 valence electrons. The van der Waals surface area contributed by atoms with Crippen molar-refractivity contribution in [3.63, 3.8) is 0 Å². The molecule has 3 atom stereocenters. The Morgan fingerprint density at radius 2 is 0.793 bits per heavy atom. The zero-order chi connectivity index (χ0) is 60.0. The Morgan fingerprint density at radius 1 is 0.439 bits per heavy atom. The molecule has 0 aromatic rings. The SMILES string of the molecule is CC/C=C\C/C=C\C/C=C\C/C=C\C/C=C\C/C=C\CCC(=O)OC(/C=C\CCCCCCCCCCCC)C(COP(=O)(O)OCC[N+](C)(C)C)NC(=O)CCCCCCCCCCCCCCCCC/C=C/CCCCCCCC. The minimum absolute atomic E-state index is 0.0260. The van der Waals surface area contributed by atoms with Crippen LogP contribution in [0.4, 0.5) is 0 Å². The van der Waals surface area contributed by atoms with Gasteiger partial charge < -0.3 is 19.4 Å². The number of nitrogens with zero attached hydrogens (tertiary/aromatic N) is 1. The Hall–Kier alpha value is -3.07. The third-order valence-electron chi connectivity index (χ3n) is 14.8. The number of hydrogen-bond acceptors (Lipinski definition) is 6. The number of phosphoric acid groups is 1. The topological polar surface area (TPSA) is 111 Å². The molecule has 9 nitrogen and oxygen atoms in total. The van der Waals surface area contributed by atoms with Crippen LogP contribution in [0.2, 0.25) is 0 Å². The first kappa shape index (κ1) is 78.9. The molecular formula is C72H130N2O7P+. The number of quaternary nitrogens is 1. The zero-order valence-electron chi connectivity index (χ0n) is 54.2. The van der Waals surface area contributed by atoms with Crippen molar-refractivity contribution >= 4 is 19.7 Å². The molecule has 0 aliphatic rings. The summed E-state index contributed by atoms with van der Waals surface area (Å²) in [4.78, 5) is 37.8. The summed E-state index contributed by atoms with van der Waals surface area (Å²) in [7, 11) is 1.45. The van der Waals surface area contributed by atoms with Gasteiger partial charge in [0.1, 0.15) is 19.3 Å². The van der Waals surface area contributed by atoms with E-state index in [0.717, 1.165) is 77.0 Å². The Bertz CT molecular complexity index is 1720. The predicted molar refractivity (Wildman–Crippen MR) is 355 cm³/mol. The van der Waals surface area contributed by atoms with Crippen LogP contribution in [0.3, 0.4) is 0 Å². The van der Waals surface area contributed by atoms with Crippen LogP contribution < -0.4 is 5.32 Å². The highest BCUT2D eigenvalue weighted by Crippen LogP contribution is 2.43. The first-order chi connectivity index (χ1) is 39.9. The van der Waals surface area contributed by atoms with E-state index in [0.29, 0.717) is 23.9 Å². The lowest BCUT2D eigenvalue weighted by molar-refractivity contribution is -0.870. The molecule has 0 bridgehead atoms. The third kappa shape index (κ3) is 61.5. The normalized spacial score (nSPS) is 14.2. The van der Waals surface area contributed by atoms with Crippen molar-refractivity contribution in [1.82, 2.24) is 5.32 Å². The fourth-order valence-corrected chi connectivity index (χ4v) is 10.3. The van der Waals surface area contributed by atoms with Gasteiger partial charge in [-0.1, -0.05) is 285 Å². The number of hydrogen-bond donors (Lipinski definition) is 2. The molecule has 0 rings (SSSR count). The summed E-state index contributed by atoms with van der Waals surface area (Å²) in [5.74, 6) is -0.599. The number of phosphoric ester groups is 1. The summed E-state index contributed by atoms with van der Waals surface area (Å²) >= 11 is 0. The average molecular weight is 1170 g/mol. The van der Waals surface area contributed by atoms with Gasteiger partial charge in [0.2, 0.25) is 5.91 Å². The standard InChI is InChI=1S/C72H129N2O7P/c1-7-10-13-16-19-22-25-28-30-32-34-35-36-37-38-39-41-42-44-46-49-52-55-58-61-64-71(75)73-69(68-80-82(77,78)79-67-66-74(4,5)6)70(63-60-57-54-51-48-27-24-21-18-15-12-9-3)81-72(76)65-62-59-56-53-50-47-45-43-40-33-31-29-26-23-20-17-14-11-8-2/h11,14,20,23,28-31,40,43,47,50,56,59-60,63,69-70H,7-10,12-13,15-19,21-22,24-27,32-39,41-42,44-46,48-49,51-55,57-58,61-62,64-68H2,1-6H3,(H-,73,75,77,78)/p+1/b14-11-,23-20-,30-28+,31-29-,43-40-,50-47-,59-56-,63-60-. The van der Waals surface area contributed by atoms with Crippen LogP contribution >= 0.6 is 7.82 Å². The molecule has 0 aliphatic heterocycles. The first-order valence-electron chi connectivity index (χ1n) is 34.1. The van der Waals surface area contributed by atoms with E-state index >= 15 is 0 Å². The summed E-state index contributed by atoms with van der Waals surface area (Å²) in [5.41, 5.74) is 0. The molecule has 0 spiro atoms. The van der Waals surface area contributed by atoms with Gasteiger partial charge in [0.15, 0.2) is 0 Å². The van der Waals surface area contributed by atoms with E-state index in [4.69, 9.17) is 13.8 Å². The quantitative estimate of drug-likeness (QED) is 0.0205. The van der Waals surface area contributed by atoms with E-state index < -0.39 is 25.9 Å². The molecule has 10 heteroatoms. The summed E-state index contributed by atoms with van der Waals surface area (Å²) in [6.45, 7) is 6.86. The molecule has 3 unspecified atom stereocenters. The number of rotatable bonds is 61. The number of unbranched alkanes of at least 4 members (excludes halogenated alkanes) is 31. The van der Waals surface area contributed by atoms with Crippen LogP contribution in [0.15, 0.2) is 97.2 Å². The lowest BCUT2D eigenvalue weighted by atomic mass is 10.0. The monoisotopic (exact) mass is 1170 g/mol. The molecule has 0 heterocycles. The molecule has 0 fully saturated rings. The highest BCUT2D eigenvalue weighted by Gasteiger charge is 2.30. The summed E-state index contributed by atoms with van der Waals surface area (Å²) < 4.78 is 30.7. The maximum atomic E-state index is 13.6. The molecule has 0 aliphatic carbocycles. The molecule has 1 amide bonds. The van der Waals surface area contributed by atoms with Crippen molar-refractivity contribution in [2.24, 2.45) is 0 Å². The van der Waals surface area contributed by atoms with Crippen molar-refractivity contribution in [2.45, 2.75) is 309 Å². The fraction of sp³-hybridized carbons (Fsp3) is 0.750. The minimum atomic E-state index is -4.47. The van der Waals surface area contributed by atoms with Crippen LogP contribution in [0.1, 0.15) is 297 Å². The van der Waals surface area contributed by atoms with Crippen molar-refractivity contribution in [1.29, 1.82) is 0 Å². The van der Waals surface area contributed by atoms with Crippen LogP contribution in [0.25, 0.3) is 0 Å². The Balaban J connectivity index is 5.18. The minimum Gasteiger partial charge on any atom is -0.456 e. The van der Waals surface area contributed by atoms with Gasteiger partial charge in [0.25, 0.3) is 0 Å². The number of amides is 1. The van der Waals surface area contributed by atoms with E-state index in [2.05, 4.69) is 105 Å². The predicted octanol–water partition coefficient (Wildman–Crippen LogP) is 21.5. The number of carbonyl (C=O) groups is 2. The highest BCUT2D eigenvalue weighted by atomic mass is 31.2. The zero-order valence-corrected chi connectivity index (χ0v) is 55.1. The third-order valence-corrected chi connectivity index (χ3v) is 15.8. The number of ether oxygens (including phenoxy) is 1. The second-order valence-corrected chi connectivity index (χ2v) is 25.4. The summed E-state index contributed by atoms with van der Waals surface area (Å²) in [6, 6.07) is -0.884. The second kappa shape index (κ2) is 61.0. The van der Waals surface area contributed by atoms with Gasteiger partial charge in [-0.25, -0.2) is 4.57 Å². The van der Waals surface area contributed by atoms with E-state index in [1.807, 2.05) is 39.4 Å². The van der Waals surface area contributed by atoms with Crippen LogP contribution in [-0.4, -0.2) is 74.3 Å². The van der Waals surface area contributed by atoms with E-state index in [1.165, 1.54) is 180 Å². The van der Waals surface area contributed by atoms with Crippen molar-refractivity contribution in [2.75, 3.05) is 40.9 Å². The van der Waals surface area contributed by atoms with Crippen molar-refractivity contribution in [3.05, 3.63) is 97.2 Å². The van der Waals surface area contributed by atoms with Gasteiger partial charge in [-0.3, -0.25) is 18.6 Å². The first-order valence-corrected chi connectivity index (χ1v) is 35.6. The van der Waals surface area contributed by atoms with Gasteiger partial charge in [0.05, 0.1) is 33.8 Å². The number of nitrogens with one attached hydrogen (secondary N) is 1. The second-order valence-electron chi connectivity index (χ2n) is 24.0. The molecule has 0 saturated carbocycles. The van der Waals surface area contributed by atoms with Crippen molar-refractivity contribution in [3.8, 4) is 0 Å². The molecule has 82 heavy (non-hydrogen) atoms. The molecule has 0 radical (unpaired) electrons. The van der Waals surface area contributed by atoms with E-state index in [-0.39, 0.29) is 25.5 Å². The average Bonchev–Trinajstić information content (AvgIpc) is 3.44. The summed E-state index contributed by atoms with van der Waals surface area (Å²) in [5, 5.41) is 3.05. The number of carbonyl (C=O) groups excluding carboxylic acids is 2.